The SMILES string of the molecule is CN(CC(C)(C)C)C(=O)NCc1ccc(C(=O)O)cc1. The summed E-state index contributed by atoms with van der Waals surface area (Å²) in [6, 6.07) is 6.33. The maximum atomic E-state index is 11.9. The highest BCUT2D eigenvalue weighted by Crippen LogP contribution is 2.14. The number of carbonyl (C=O) groups is 2. The quantitative estimate of drug-likeness (QED) is 0.889. The largest absolute Gasteiger partial charge is 0.478 e. The van der Waals surface area contributed by atoms with Crippen molar-refractivity contribution in [2.75, 3.05) is 13.6 Å². The Hall–Kier alpha value is -2.04. The third kappa shape index (κ3) is 5.30. The zero-order valence-electron chi connectivity index (χ0n) is 12.4. The minimum Gasteiger partial charge on any atom is -0.478 e. The maximum Gasteiger partial charge on any atom is 0.335 e. The van der Waals surface area contributed by atoms with Gasteiger partial charge < -0.3 is 15.3 Å². The molecule has 20 heavy (non-hydrogen) atoms. The Morgan fingerprint density at radius 2 is 1.75 bits per heavy atom. The van der Waals surface area contributed by atoms with E-state index in [0.717, 1.165) is 5.56 Å². The van der Waals surface area contributed by atoms with Gasteiger partial charge in [0.05, 0.1) is 5.56 Å². The molecule has 0 aliphatic heterocycles. The van der Waals surface area contributed by atoms with Gasteiger partial charge in [-0.05, 0) is 23.1 Å². The van der Waals surface area contributed by atoms with Crippen LogP contribution in [-0.4, -0.2) is 35.6 Å². The van der Waals surface area contributed by atoms with Gasteiger partial charge in [0.15, 0.2) is 0 Å². The molecule has 5 nitrogen and oxygen atoms in total. The minimum absolute atomic E-state index is 0.0508. The van der Waals surface area contributed by atoms with E-state index in [-0.39, 0.29) is 17.0 Å². The topological polar surface area (TPSA) is 69.6 Å². The minimum atomic E-state index is -0.953. The predicted octanol–water partition coefficient (Wildman–Crippen LogP) is 2.57. The van der Waals surface area contributed by atoms with Gasteiger partial charge in [-0.25, -0.2) is 9.59 Å². The summed E-state index contributed by atoms with van der Waals surface area (Å²) in [5, 5.41) is 11.6. The van der Waals surface area contributed by atoms with E-state index < -0.39 is 5.97 Å². The summed E-state index contributed by atoms with van der Waals surface area (Å²) in [5.41, 5.74) is 1.16. The van der Waals surface area contributed by atoms with Gasteiger partial charge in [-0.2, -0.15) is 0 Å². The van der Waals surface area contributed by atoms with Crippen LogP contribution in [0.15, 0.2) is 24.3 Å². The predicted molar refractivity (Wildman–Crippen MR) is 77.7 cm³/mol. The van der Waals surface area contributed by atoms with Crippen LogP contribution in [0.1, 0.15) is 36.7 Å². The van der Waals surface area contributed by atoms with Crippen LogP contribution in [0.4, 0.5) is 4.79 Å². The van der Waals surface area contributed by atoms with E-state index in [4.69, 9.17) is 5.11 Å². The number of hydrogen-bond acceptors (Lipinski definition) is 2. The number of aromatic carboxylic acids is 1. The molecule has 0 heterocycles. The molecular formula is C15H22N2O3. The summed E-state index contributed by atoms with van der Waals surface area (Å²) in [4.78, 5) is 24.3. The molecule has 1 rings (SSSR count). The highest BCUT2D eigenvalue weighted by molar-refractivity contribution is 5.87. The van der Waals surface area contributed by atoms with Crippen LogP contribution in [0.3, 0.4) is 0 Å². The van der Waals surface area contributed by atoms with E-state index >= 15 is 0 Å². The van der Waals surface area contributed by atoms with Crippen molar-refractivity contribution in [1.29, 1.82) is 0 Å². The summed E-state index contributed by atoms with van der Waals surface area (Å²) < 4.78 is 0. The smallest absolute Gasteiger partial charge is 0.335 e. The summed E-state index contributed by atoms with van der Waals surface area (Å²) in [6.45, 7) is 7.26. The van der Waals surface area contributed by atoms with Gasteiger partial charge in [0.2, 0.25) is 0 Å². The summed E-state index contributed by atoms with van der Waals surface area (Å²) >= 11 is 0. The van der Waals surface area contributed by atoms with E-state index in [0.29, 0.717) is 13.1 Å². The van der Waals surface area contributed by atoms with E-state index in [1.165, 1.54) is 12.1 Å². The van der Waals surface area contributed by atoms with Crippen LogP contribution in [0.25, 0.3) is 0 Å². The van der Waals surface area contributed by atoms with Crippen LogP contribution < -0.4 is 5.32 Å². The third-order valence-electron chi connectivity index (χ3n) is 2.70. The van der Waals surface area contributed by atoms with Crippen molar-refractivity contribution in [2.24, 2.45) is 5.41 Å². The van der Waals surface area contributed by atoms with Gasteiger partial charge in [0.25, 0.3) is 0 Å². The highest BCUT2D eigenvalue weighted by Gasteiger charge is 2.17. The highest BCUT2D eigenvalue weighted by atomic mass is 16.4. The van der Waals surface area contributed by atoms with E-state index in [1.807, 2.05) is 0 Å². The standard InChI is InChI=1S/C15H22N2O3/c1-15(2,3)10-17(4)14(20)16-9-11-5-7-12(8-6-11)13(18)19/h5-8H,9-10H2,1-4H3,(H,16,20)(H,18,19). The zero-order valence-corrected chi connectivity index (χ0v) is 12.4. The lowest BCUT2D eigenvalue weighted by Gasteiger charge is -2.26. The van der Waals surface area contributed by atoms with E-state index in [1.54, 1.807) is 24.1 Å². The molecule has 0 atom stereocenters. The first kappa shape index (κ1) is 16.0. The molecule has 0 spiro atoms. The first-order chi connectivity index (χ1) is 9.19. The molecule has 2 amide bonds. The number of hydrogen-bond donors (Lipinski definition) is 2. The normalized spacial score (nSPS) is 11.0. The fourth-order valence-electron chi connectivity index (χ4n) is 1.86. The van der Waals surface area contributed by atoms with Crippen LogP contribution in [0, 0.1) is 5.41 Å². The number of benzene rings is 1. The fourth-order valence-corrected chi connectivity index (χ4v) is 1.86. The van der Waals surface area contributed by atoms with Gasteiger partial charge in [0, 0.05) is 20.1 Å². The molecule has 0 aromatic heterocycles. The lowest BCUT2D eigenvalue weighted by Crippen LogP contribution is -2.41. The average molecular weight is 278 g/mol. The molecule has 0 radical (unpaired) electrons. The number of rotatable bonds is 4. The Balaban J connectivity index is 2.50. The second-order valence-electron chi connectivity index (χ2n) is 6.08. The number of urea groups is 1. The van der Waals surface area contributed by atoms with Gasteiger partial charge in [-0.1, -0.05) is 32.9 Å². The van der Waals surface area contributed by atoms with Crippen molar-refractivity contribution in [3.63, 3.8) is 0 Å². The zero-order chi connectivity index (χ0) is 15.3. The molecule has 5 heteroatoms. The molecule has 0 unspecified atom stereocenters. The second-order valence-corrected chi connectivity index (χ2v) is 6.08. The molecule has 0 saturated carbocycles. The summed E-state index contributed by atoms with van der Waals surface area (Å²) in [6.07, 6.45) is 0. The Kier molecular flexibility index (Phi) is 5.13. The number of carboxylic acid groups (broad SMARTS) is 1. The van der Waals surface area contributed by atoms with Crippen LogP contribution in [0.5, 0.6) is 0 Å². The third-order valence-corrected chi connectivity index (χ3v) is 2.70. The van der Waals surface area contributed by atoms with Crippen molar-refractivity contribution in [3.8, 4) is 0 Å². The summed E-state index contributed by atoms with van der Waals surface area (Å²) in [5.74, 6) is -0.953. The molecule has 1 aromatic rings. The molecular weight excluding hydrogens is 256 g/mol. The molecule has 110 valence electrons. The monoisotopic (exact) mass is 278 g/mol. The van der Waals surface area contributed by atoms with Crippen LogP contribution in [-0.2, 0) is 6.54 Å². The van der Waals surface area contributed by atoms with Gasteiger partial charge in [-0.3, -0.25) is 0 Å². The van der Waals surface area contributed by atoms with Crippen molar-refractivity contribution in [1.82, 2.24) is 10.2 Å². The second kappa shape index (κ2) is 6.41. The van der Waals surface area contributed by atoms with Gasteiger partial charge in [-0.15, -0.1) is 0 Å². The first-order valence-electron chi connectivity index (χ1n) is 6.50. The van der Waals surface area contributed by atoms with Crippen molar-refractivity contribution >= 4 is 12.0 Å². The van der Waals surface area contributed by atoms with Crippen LogP contribution >= 0.6 is 0 Å². The number of carbonyl (C=O) groups excluding carboxylic acids is 1. The van der Waals surface area contributed by atoms with E-state index in [9.17, 15) is 9.59 Å². The van der Waals surface area contributed by atoms with Gasteiger partial charge >= 0.3 is 12.0 Å². The number of carboxylic acids is 1. The Morgan fingerprint density at radius 1 is 1.20 bits per heavy atom. The molecule has 2 N–H and O–H groups in total. The molecule has 0 aliphatic carbocycles. The van der Waals surface area contributed by atoms with Crippen molar-refractivity contribution < 1.29 is 14.7 Å². The molecule has 0 fully saturated rings. The Bertz CT molecular complexity index is 475. The molecule has 0 aliphatic rings. The van der Waals surface area contributed by atoms with E-state index in [2.05, 4.69) is 26.1 Å². The molecule has 1 aromatic carbocycles. The lowest BCUT2D eigenvalue weighted by molar-refractivity contribution is 0.0697. The lowest BCUT2D eigenvalue weighted by atomic mass is 9.96. The van der Waals surface area contributed by atoms with Crippen molar-refractivity contribution in [2.45, 2.75) is 27.3 Å². The molecule has 0 saturated heterocycles. The number of amides is 2. The fraction of sp³-hybridized carbons (Fsp3) is 0.467. The van der Waals surface area contributed by atoms with Crippen molar-refractivity contribution in [3.05, 3.63) is 35.4 Å². The van der Waals surface area contributed by atoms with Crippen LogP contribution in [0.2, 0.25) is 0 Å². The molecule has 0 bridgehead atoms. The Morgan fingerprint density at radius 3 is 2.20 bits per heavy atom. The average Bonchev–Trinajstić information content (AvgIpc) is 2.34. The maximum absolute atomic E-state index is 11.9. The number of nitrogens with zero attached hydrogens (tertiary/aromatic N) is 1. The van der Waals surface area contributed by atoms with Gasteiger partial charge in [0.1, 0.15) is 0 Å². The Labute approximate surface area is 119 Å². The number of nitrogens with one attached hydrogen (secondary N) is 1. The first-order valence-corrected chi connectivity index (χ1v) is 6.50. The summed E-state index contributed by atoms with van der Waals surface area (Å²) in [7, 11) is 1.76.